The van der Waals surface area contributed by atoms with Crippen molar-refractivity contribution in [1.82, 2.24) is 0 Å². The molecule has 1 atom stereocenters. The lowest BCUT2D eigenvalue weighted by molar-refractivity contribution is 0.0698. The summed E-state index contributed by atoms with van der Waals surface area (Å²) in [4.78, 5) is 11.2. The van der Waals surface area contributed by atoms with Gasteiger partial charge in [-0.3, -0.25) is 0 Å². The van der Waals surface area contributed by atoms with E-state index in [9.17, 15) is 9.90 Å². The first-order valence-electron chi connectivity index (χ1n) is 6.28. The monoisotopic (exact) mass is 267 g/mol. The molecule has 0 aliphatic heterocycles. The number of rotatable bonds is 7. The van der Waals surface area contributed by atoms with Crippen molar-refractivity contribution in [3.8, 4) is 5.75 Å². The number of aliphatic hydroxyl groups is 1. The lowest BCUT2D eigenvalue weighted by Crippen LogP contribution is -2.27. The van der Waals surface area contributed by atoms with Crippen molar-refractivity contribution in [3.63, 3.8) is 0 Å². The zero-order valence-corrected chi connectivity index (χ0v) is 11.5. The SMILES string of the molecule is COc1ccc(C(=O)O)c(NC(CCO)C(C)C)c1. The highest BCUT2D eigenvalue weighted by molar-refractivity contribution is 5.94. The smallest absolute Gasteiger partial charge is 0.337 e. The van der Waals surface area contributed by atoms with Crippen LogP contribution in [-0.2, 0) is 0 Å². The Bertz CT molecular complexity index is 431. The molecule has 0 radical (unpaired) electrons. The predicted octanol–water partition coefficient (Wildman–Crippen LogP) is 2.21. The standard InChI is InChI=1S/C14H21NO4/c1-9(2)12(6-7-16)15-13-8-10(19-3)4-5-11(13)14(17)18/h4-5,8-9,12,15-16H,6-7H2,1-3H3,(H,17,18). The molecule has 1 unspecified atom stereocenters. The van der Waals surface area contributed by atoms with E-state index in [2.05, 4.69) is 5.32 Å². The van der Waals surface area contributed by atoms with E-state index in [-0.39, 0.29) is 24.1 Å². The molecule has 0 aliphatic rings. The summed E-state index contributed by atoms with van der Waals surface area (Å²) in [5, 5.41) is 21.4. The molecule has 5 nitrogen and oxygen atoms in total. The Morgan fingerprint density at radius 2 is 2.11 bits per heavy atom. The van der Waals surface area contributed by atoms with Gasteiger partial charge in [-0.25, -0.2) is 4.79 Å². The number of hydrogen-bond donors (Lipinski definition) is 3. The van der Waals surface area contributed by atoms with E-state index in [0.717, 1.165) is 0 Å². The first kappa shape index (κ1) is 15.3. The molecule has 5 heteroatoms. The molecule has 0 heterocycles. The van der Waals surface area contributed by atoms with Gasteiger partial charge in [0.05, 0.1) is 18.4 Å². The summed E-state index contributed by atoms with van der Waals surface area (Å²) in [6, 6.07) is 4.80. The van der Waals surface area contributed by atoms with Crippen LogP contribution in [0, 0.1) is 5.92 Å². The molecule has 0 saturated carbocycles. The molecule has 1 rings (SSSR count). The van der Waals surface area contributed by atoms with Crippen LogP contribution in [0.1, 0.15) is 30.6 Å². The van der Waals surface area contributed by atoms with E-state index in [1.54, 1.807) is 12.1 Å². The van der Waals surface area contributed by atoms with Crippen LogP contribution in [0.3, 0.4) is 0 Å². The van der Waals surface area contributed by atoms with Crippen molar-refractivity contribution in [2.75, 3.05) is 19.0 Å². The first-order chi connectivity index (χ1) is 8.99. The fraction of sp³-hybridized carbons (Fsp3) is 0.500. The van der Waals surface area contributed by atoms with Crippen molar-refractivity contribution >= 4 is 11.7 Å². The second kappa shape index (κ2) is 6.99. The van der Waals surface area contributed by atoms with Crippen LogP contribution >= 0.6 is 0 Å². The van der Waals surface area contributed by atoms with Crippen molar-refractivity contribution in [3.05, 3.63) is 23.8 Å². The first-order valence-corrected chi connectivity index (χ1v) is 6.28. The summed E-state index contributed by atoms with van der Waals surface area (Å²) in [5.74, 6) is -0.115. The summed E-state index contributed by atoms with van der Waals surface area (Å²) >= 11 is 0. The van der Waals surface area contributed by atoms with Gasteiger partial charge in [-0.2, -0.15) is 0 Å². The van der Waals surface area contributed by atoms with E-state index >= 15 is 0 Å². The maximum atomic E-state index is 11.2. The third-order valence-corrected chi connectivity index (χ3v) is 3.04. The molecule has 0 fully saturated rings. The normalized spacial score (nSPS) is 12.3. The number of aromatic carboxylic acids is 1. The Balaban J connectivity index is 3.04. The van der Waals surface area contributed by atoms with Gasteiger partial charge in [-0.1, -0.05) is 13.8 Å². The van der Waals surface area contributed by atoms with Crippen molar-refractivity contribution in [1.29, 1.82) is 0 Å². The summed E-state index contributed by atoms with van der Waals surface area (Å²) in [7, 11) is 1.53. The molecule has 1 aromatic rings. The van der Waals surface area contributed by atoms with Gasteiger partial charge in [0.2, 0.25) is 0 Å². The number of nitrogens with one attached hydrogen (secondary N) is 1. The number of hydrogen-bond acceptors (Lipinski definition) is 4. The topological polar surface area (TPSA) is 78.8 Å². The molecule has 0 saturated heterocycles. The van der Waals surface area contributed by atoms with Crippen LogP contribution in [0.15, 0.2) is 18.2 Å². The van der Waals surface area contributed by atoms with Crippen molar-refractivity contribution in [2.24, 2.45) is 5.92 Å². The Hall–Kier alpha value is -1.75. The number of carboxylic acids is 1. The molecule has 106 valence electrons. The van der Waals surface area contributed by atoms with Gasteiger partial charge in [-0.05, 0) is 24.5 Å². The highest BCUT2D eigenvalue weighted by atomic mass is 16.5. The third kappa shape index (κ3) is 4.13. The van der Waals surface area contributed by atoms with Gasteiger partial charge < -0.3 is 20.3 Å². The fourth-order valence-electron chi connectivity index (χ4n) is 1.87. The third-order valence-electron chi connectivity index (χ3n) is 3.04. The van der Waals surface area contributed by atoms with Crippen LogP contribution in [0.2, 0.25) is 0 Å². The summed E-state index contributed by atoms with van der Waals surface area (Å²) in [6.07, 6.45) is 0.563. The van der Waals surface area contributed by atoms with Gasteiger partial charge >= 0.3 is 5.97 Å². The van der Waals surface area contributed by atoms with Crippen LogP contribution in [0.4, 0.5) is 5.69 Å². The van der Waals surface area contributed by atoms with E-state index in [1.165, 1.54) is 13.2 Å². The minimum atomic E-state index is -0.989. The van der Waals surface area contributed by atoms with Crippen LogP contribution < -0.4 is 10.1 Å². The van der Waals surface area contributed by atoms with E-state index in [0.29, 0.717) is 17.9 Å². The molecule has 0 aliphatic carbocycles. The Labute approximate surface area is 113 Å². The number of benzene rings is 1. The lowest BCUT2D eigenvalue weighted by Gasteiger charge is -2.24. The van der Waals surface area contributed by atoms with Gasteiger partial charge in [0.25, 0.3) is 0 Å². The van der Waals surface area contributed by atoms with Gasteiger partial charge in [-0.15, -0.1) is 0 Å². The second-order valence-electron chi connectivity index (χ2n) is 4.72. The quantitative estimate of drug-likeness (QED) is 0.706. The number of ether oxygens (including phenoxy) is 1. The molecular weight excluding hydrogens is 246 g/mol. The summed E-state index contributed by atoms with van der Waals surface area (Å²) in [5.41, 5.74) is 0.711. The Morgan fingerprint density at radius 3 is 2.58 bits per heavy atom. The van der Waals surface area contributed by atoms with Gasteiger partial charge in [0.1, 0.15) is 5.75 Å². The van der Waals surface area contributed by atoms with Crippen molar-refractivity contribution in [2.45, 2.75) is 26.3 Å². The average molecular weight is 267 g/mol. The lowest BCUT2D eigenvalue weighted by atomic mass is 10.00. The number of carbonyl (C=O) groups is 1. The Kier molecular flexibility index (Phi) is 5.63. The zero-order chi connectivity index (χ0) is 14.4. The molecule has 1 aromatic carbocycles. The summed E-state index contributed by atoms with van der Waals surface area (Å²) < 4.78 is 5.11. The minimum Gasteiger partial charge on any atom is -0.497 e. The van der Waals surface area contributed by atoms with E-state index < -0.39 is 5.97 Å². The molecule has 0 amide bonds. The predicted molar refractivity (Wildman–Crippen MR) is 73.9 cm³/mol. The van der Waals surface area contributed by atoms with Crippen LogP contribution in [0.25, 0.3) is 0 Å². The van der Waals surface area contributed by atoms with Crippen molar-refractivity contribution < 1.29 is 19.7 Å². The number of anilines is 1. The molecule has 0 bridgehead atoms. The number of aliphatic hydroxyl groups excluding tert-OH is 1. The largest absolute Gasteiger partial charge is 0.497 e. The maximum Gasteiger partial charge on any atom is 0.337 e. The average Bonchev–Trinajstić information content (AvgIpc) is 2.37. The summed E-state index contributed by atoms with van der Waals surface area (Å²) in [6.45, 7) is 4.10. The highest BCUT2D eigenvalue weighted by Crippen LogP contribution is 2.25. The molecule has 19 heavy (non-hydrogen) atoms. The zero-order valence-electron chi connectivity index (χ0n) is 11.5. The maximum absolute atomic E-state index is 11.2. The minimum absolute atomic E-state index is 0.00945. The Morgan fingerprint density at radius 1 is 1.42 bits per heavy atom. The number of methoxy groups -OCH3 is 1. The second-order valence-corrected chi connectivity index (χ2v) is 4.72. The molecular formula is C14H21NO4. The molecule has 0 aromatic heterocycles. The van der Waals surface area contributed by atoms with Crippen LogP contribution in [-0.4, -0.2) is 35.9 Å². The fourth-order valence-corrected chi connectivity index (χ4v) is 1.87. The van der Waals surface area contributed by atoms with Crippen LogP contribution in [0.5, 0.6) is 5.75 Å². The molecule has 0 spiro atoms. The molecule has 3 N–H and O–H groups in total. The van der Waals surface area contributed by atoms with E-state index in [1.807, 2.05) is 13.8 Å². The van der Waals surface area contributed by atoms with E-state index in [4.69, 9.17) is 9.84 Å². The van der Waals surface area contributed by atoms with Gasteiger partial charge in [0, 0.05) is 18.7 Å². The van der Waals surface area contributed by atoms with Gasteiger partial charge in [0.15, 0.2) is 0 Å². The number of carboxylic acid groups (broad SMARTS) is 1. The highest BCUT2D eigenvalue weighted by Gasteiger charge is 2.17.